The summed E-state index contributed by atoms with van der Waals surface area (Å²) in [5.41, 5.74) is 0.954. The fourth-order valence-electron chi connectivity index (χ4n) is 1.39. The van der Waals surface area contributed by atoms with Crippen LogP contribution in [0.1, 0.15) is 17.1 Å². The molecule has 0 bridgehead atoms. The van der Waals surface area contributed by atoms with Gasteiger partial charge in [0.05, 0.1) is 5.69 Å². The normalized spacial score (nSPS) is 11.6. The van der Waals surface area contributed by atoms with E-state index in [4.69, 9.17) is 11.6 Å². The first-order chi connectivity index (χ1) is 8.45. The van der Waals surface area contributed by atoms with Crippen LogP contribution in [0.5, 0.6) is 0 Å². The van der Waals surface area contributed by atoms with Gasteiger partial charge in [-0.15, -0.1) is 0 Å². The molecule has 94 valence electrons. The lowest BCUT2D eigenvalue weighted by Gasteiger charge is -2.07. The molecule has 0 aliphatic carbocycles. The van der Waals surface area contributed by atoms with Crippen molar-refractivity contribution in [3.8, 4) is 0 Å². The number of pyridine rings is 1. The van der Waals surface area contributed by atoms with Gasteiger partial charge in [0.25, 0.3) is 0 Å². The van der Waals surface area contributed by atoms with Gasteiger partial charge in [-0.25, -0.2) is 9.97 Å². The molecule has 0 aromatic carbocycles. The molecule has 0 atom stereocenters. The molecule has 7 heteroatoms. The molecule has 0 saturated heterocycles. The summed E-state index contributed by atoms with van der Waals surface area (Å²) in [7, 11) is 0. The number of rotatable bonds is 2. The summed E-state index contributed by atoms with van der Waals surface area (Å²) in [5.74, 6) is -1.23. The molecular weight excluding hydrogens is 267 g/mol. The van der Waals surface area contributed by atoms with Crippen molar-refractivity contribution >= 4 is 11.6 Å². The lowest BCUT2D eigenvalue weighted by molar-refractivity contribution is -0.145. The molecular formula is C11H7ClF3N3. The highest BCUT2D eigenvalue weighted by Crippen LogP contribution is 2.27. The van der Waals surface area contributed by atoms with Gasteiger partial charge in [0.2, 0.25) is 5.82 Å². The van der Waals surface area contributed by atoms with Crippen molar-refractivity contribution in [3.05, 3.63) is 52.8 Å². The van der Waals surface area contributed by atoms with Crippen LogP contribution in [0, 0.1) is 0 Å². The van der Waals surface area contributed by atoms with E-state index in [0.717, 1.165) is 5.56 Å². The minimum Gasteiger partial charge on any atom is -0.264 e. The third-order valence-electron chi connectivity index (χ3n) is 2.11. The Hall–Kier alpha value is -1.69. The maximum absolute atomic E-state index is 12.5. The van der Waals surface area contributed by atoms with Crippen molar-refractivity contribution in [3.63, 3.8) is 0 Å². The first-order valence-corrected chi connectivity index (χ1v) is 5.32. The van der Waals surface area contributed by atoms with Crippen LogP contribution < -0.4 is 0 Å². The molecule has 0 fully saturated rings. The molecule has 0 aliphatic rings. The number of hydrogen-bond donors (Lipinski definition) is 0. The molecule has 2 rings (SSSR count). The van der Waals surface area contributed by atoms with E-state index in [1.807, 2.05) is 0 Å². The van der Waals surface area contributed by atoms with Crippen molar-refractivity contribution in [1.29, 1.82) is 0 Å². The van der Waals surface area contributed by atoms with E-state index in [-0.39, 0.29) is 17.3 Å². The molecule has 0 saturated carbocycles. The standard InChI is InChI=1S/C11H7ClF3N3/c12-9-5-8(4-7-2-1-3-16-6-7)17-10(18-9)11(13,14)15/h1-3,5-6H,4H2. The second-order valence-electron chi connectivity index (χ2n) is 3.54. The highest BCUT2D eigenvalue weighted by molar-refractivity contribution is 6.29. The first-order valence-electron chi connectivity index (χ1n) is 4.95. The van der Waals surface area contributed by atoms with Crippen LogP contribution in [0.2, 0.25) is 5.15 Å². The molecule has 3 nitrogen and oxygen atoms in total. The van der Waals surface area contributed by atoms with E-state index >= 15 is 0 Å². The fourth-order valence-corrected chi connectivity index (χ4v) is 1.60. The second-order valence-corrected chi connectivity index (χ2v) is 3.93. The van der Waals surface area contributed by atoms with Gasteiger partial charge in [-0.3, -0.25) is 4.98 Å². The molecule has 0 unspecified atom stereocenters. The molecule has 2 aromatic heterocycles. The zero-order chi connectivity index (χ0) is 13.2. The Morgan fingerprint density at radius 1 is 1.22 bits per heavy atom. The van der Waals surface area contributed by atoms with E-state index in [1.54, 1.807) is 24.5 Å². The van der Waals surface area contributed by atoms with Gasteiger partial charge in [0.1, 0.15) is 5.15 Å². The predicted molar refractivity (Wildman–Crippen MR) is 59.1 cm³/mol. The Morgan fingerprint density at radius 3 is 2.61 bits per heavy atom. The van der Waals surface area contributed by atoms with Gasteiger partial charge in [0, 0.05) is 18.8 Å². The van der Waals surface area contributed by atoms with Crippen LogP contribution in [0.15, 0.2) is 30.6 Å². The Morgan fingerprint density at radius 2 is 2.00 bits per heavy atom. The third kappa shape index (κ3) is 3.16. The smallest absolute Gasteiger partial charge is 0.264 e. The Kier molecular flexibility index (Phi) is 3.47. The van der Waals surface area contributed by atoms with E-state index < -0.39 is 12.0 Å². The Bertz CT molecular complexity index is 543. The summed E-state index contributed by atoms with van der Waals surface area (Å²) in [5, 5.41) is -0.226. The average molecular weight is 274 g/mol. The molecule has 0 N–H and O–H groups in total. The van der Waals surface area contributed by atoms with Crippen molar-refractivity contribution < 1.29 is 13.2 Å². The number of nitrogens with zero attached hydrogens (tertiary/aromatic N) is 3. The first kappa shape index (κ1) is 12.8. The van der Waals surface area contributed by atoms with Crippen LogP contribution in [0.25, 0.3) is 0 Å². The molecule has 18 heavy (non-hydrogen) atoms. The predicted octanol–water partition coefficient (Wildman–Crippen LogP) is 3.13. The van der Waals surface area contributed by atoms with E-state index in [2.05, 4.69) is 15.0 Å². The molecule has 2 heterocycles. The molecule has 0 radical (unpaired) electrons. The fraction of sp³-hybridized carbons (Fsp3) is 0.182. The van der Waals surface area contributed by atoms with Crippen molar-refractivity contribution in [2.24, 2.45) is 0 Å². The lowest BCUT2D eigenvalue weighted by Crippen LogP contribution is -2.12. The van der Waals surface area contributed by atoms with Crippen molar-refractivity contribution in [1.82, 2.24) is 15.0 Å². The minimum absolute atomic E-state index is 0.204. The SMILES string of the molecule is FC(F)(F)c1nc(Cl)cc(Cc2cccnc2)n1. The minimum atomic E-state index is -4.60. The van der Waals surface area contributed by atoms with Crippen LogP contribution in [-0.4, -0.2) is 15.0 Å². The van der Waals surface area contributed by atoms with Crippen molar-refractivity contribution in [2.45, 2.75) is 12.6 Å². The largest absolute Gasteiger partial charge is 0.451 e. The number of halogens is 4. The van der Waals surface area contributed by atoms with Gasteiger partial charge in [-0.05, 0) is 17.7 Å². The van der Waals surface area contributed by atoms with Gasteiger partial charge in [0.15, 0.2) is 0 Å². The van der Waals surface area contributed by atoms with Gasteiger partial charge >= 0.3 is 6.18 Å². The highest BCUT2D eigenvalue weighted by atomic mass is 35.5. The van der Waals surface area contributed by atoms with Gasteiger partial charge in [-0.1, -0.05) is 17.7 Å². The van der Waals surface area contributed by atoms with E-state index in [0.29, 0.717) is 0 Å². The van der Waals surface area contributed by atoms with E-state index in [9.17, 15) is 13.2 Å². The highest BCUT2D eigenvalue weighted by Gasteiger charge is 2.35. The van der Waals surface area contributed by atoms with Crippen LogP contribution in [-0.2, 0) is 12.6 Å². The van der Waals surface area contributed by atoms with Gasteiger partial charge in [-0.2, -0.15) is 13.2 Å². The van der Waals surface area contributed by atoms with Gasteiger partial charge < -0.3 is 0 Å². The summed E-state index contributed by atoms with van der Waals surface area (Å²) in [6, 6.07) is 4.75. The third-order valence-corrected chi connectivity index (χ3v) is 2.30. The monoisotopic (exact) mass is 273 g/mol. The maximum Gasteiger partial charge on any atom is 0.451 e. The summed E-state index contributed by atoms with van der Waals surface area (Å²) in [4.78, 5) is 10.5. The summed E-state index contributed by atoms with van der Waals surface area (Å²) >= 11 is 5.56. The molecule has 0 spiro atoms. The van der Waals surface area contributed by atoms with Crippen LogP contribution in [0.3, 0.4) is 0 Å². The van der Waals surface area contributed by atoms with E-state index in [1.165, 1.54) is 6.07 Å². The zero-order valence-electron chi connectivity index (χ0n) is 8.95. The summed E-state index contributed by atoms with van der Waals surface area (Å²) < 4.78 is 37.5. The average Bonchev–Trinajstić information content (AvgIpc) is 2.28. The number of hydrogen-bond acceptors (Lipinski definition) is 3. The van der Waals surface area contributed by atoms with Crippen molar-refractivity contribution in [2.75, 3.05) is 0 Å². The molecule has 2 aromatic rings. The number of aromatic nitrogens is 3. The molecule has 0 amide bonds. The topological polar surface area (TPSA) is 38.7 Å². The molecule has 0 aliphatic heterocycles. The lowest BCUT2D eigenvalue weighted by atomic mass is 10.1. The summed E-state index contributed by atoms with van der Waals surface area (Å²) in [6.07, 6.45) is -1.24. The zero-order valence-corrected chi connectivity index (χ0v) is 9.70. The second kappa shape index (κ2) is 4.89. The summed E-state index contributed by atoms with van der Waals surface area (Å²) in [6.45, 7) is 0. The van der Waals surface area contributed by atoms with Crippen LogP contribution in [0.4, 0.5) is 13.2 Å². The van der Waals surface area contributed by atoms with Crippen LogP contribution >= 0.6 is 11.6 Å². The Balaban J connectivity index is 2.32. The number of alkyl halides is 3. The maximum atomic E-state index is 12.5. The quantitative estimate of drug-likeness (QED) is 0.789. The Labute approximate surface area is 106 Å².